The first kappa shape index (κ1) is 14.0. The van der Waals surface area contributed by atoms with E-state index in [0.717, 1.165) is 0 Å². The molecule has 0 atom stereocenters. The lowest BCUT2D eigenvalue weighted by Crippen LogP contribution is -2.17. The normalized spacial score (nSPS) is 9.50. The van der Waals surface area contributed by atoms with Crippen LogP contribution in [0, 0.1) is 0 Å². The molecule has 2 aromatic rings. The smallest absolute Gasteiger partial charge is 0.343 e. The van der Waals surface area contributed by atoms with Gasteiger partial charge in [0.25, 0.3) is 0 Å². The highest BCUT2D eigenvalue weighted by Crippen LogP contribution is 2.07. The minimum atomic E-state index is -0.588. The Balaban J connectivity index is 0.000000771. The summed E-state index contributed by atoms with van der Waals surface area (Å²) in [6.07, 6.45) is 1.39. The highest BCUT2D eigenvalue weighted by molar-refractivity contribution is 5.93. The Bertz CT molecular complexity index is 587. The molecule has 2 rings (SSSR count). The van der Waals surface area contributed by atoms with Crippen LogP contribution in [0.15, 0.2) is 35.3 Å². The number of pyridine rings is 1. The summed E-state index contributed by atoms with van der Waals surface area (Å²) in [6.45, 7) is 5.96. The Morgan fingerprint density at radius 2 is 1.94 bits per heavy atom. The van der Waals surface area contributed by atoms with E-state index in [-0.39, 0.29) is 17.6 Å². The van der Waals surface area contributed by atoms with Gasteiger partial charge in [-0.05, 0) is 19.1 Å². The Morgan fingerprint density at radius 1 is 1.28 bits per heavy atom. The number of hydrogen-bond acceptors (Lipinski definition) is 3. The van der Waals surface area contributed by atoms with Gasteiger partial charge in [0.1, 0.15) is 5.56 Å². The number of carbonyl (C=O) groups excluding carboxylic acids is 1. The second-order valence-electron chi connectivity index (χ2n) is 3.30. The highest BCUT2D eigenvalue weighted by Gasteiger charge is 2.12. The van der Waals surface area contributed by atoms with E-state index in [1.165, 1.54) is 6.20 Å². The van der Waals surface area contributed by atoms with Gasteiger partial charge in [0.05, 0.1) is 6.61 Å². The molecule has 0 bridgehead atoms. The number of carbonyl (C=O) groups is 1. The van der Waals surface area contributed by atoms with E-state index >= 15 is 0 Å². The summed E-state index contributed by atoms with van der Waals surface area (Å²) in [4.78, 5) is 26.3. The standard InChI is InChI=1S/C12H11NO3.C2H6/c1-2-16-12(15)9-7-13-10-6-4-3-5-8(10)11(9)14;1-2/h3-7H,2H2,1H3,(H,13,14);1-2H3. The molecule has 0 radical (unpaired) electrons. The van der Waals surface area contributed by atoms with Gasteiger partial charge in [-0.3, -0.25) is 4.79 Å². The van der Waals surface area contributed by atoms with Crippen molar-refractivity contribution in [1.29, 1.82) is 0 Å². The third-order valence-corrected chi connectivity index (χ3v) is 2.28. The lowest BCUT2D eigenvalue weighted by Gasteiger charge is -2.02. The molecule has 1 aromatic heterocycles. The van der Waals surface area contributed by atoms with Crippen LogP contribution in [0.1, 0.15) is 31.1 Å². The van der Waals surface area contributed by atoms with E-state index in [4.69, 9.17) is 4.74 Å². The van der Waals surface area contributed by atoms with Crippen LogP contribution in [0.5, 0.6) is 0 Å². The fourth-order valence-corrected chi connectivity index (χ4v) is 1.53. The maximum atomic E-state index is 11.9. The van der Waals surface area contributed by atoms with E-state index in [1.54, 1.807) is 25.1 Å². The molecule has 0 aliphatic heterocycles. The molecule has 96 valence electrons. The molecule has 4 nitrogen and oxygen atoms in total. The van der Waals surface area contributed by atoms with Crippen LogP contribution in [0.2, 0.25) is 0 Å². The molecule has 0 unspecified atom stereocenters. The van der Waals surface area contributed by atoms with Crippen molar-refractivity contribution in [3.05, 3.63) is 46.2 Å². The SMILES string of the molecule is CC.CCOC(=O)c1c[nH]c2ccccc2c1=O. The zero-order valence-corrected chi connectivity index (χ0v) is 10.8. The van der Waals surface area contributed by atoms with Gasteiger partial charge in [0.15, 0.2) is 0 Å². The first-order valence-corrected chi connectivity index (χ1v) is 6.01. The van der Waals surface area contributed by atoms with Gasteiger partial charge in [0.2, 0.25) is 5.43 Å². The molecule has 1 heterocycles. The largest absolute Gasteiger partial charge is 0.462 e. The Hall–Kier alpha value is -2.10. The summed E-state index contributed by atoms with van der Waals surface area (Å²) in [6, 6.07) is 7.04. The Labute approximate surface area is 106 Å². The van der Waals surface area contributed by atoms with Crippen molar-refractivity contribution < 1.29 is 9.53 Å². The molecule has 0 aliphatic rings. The van der Waals surface area contributed by atoms with E-state index in [1.807, 2.05) is 19.9 Å². The van der Waals surface area contributed by atoms with Crippen LogP contribution >= 0.6 is 0 Å². The molecular weight excluding hydrogens is 230 g/mol. The van der Waals surface area contributed by atoms with Gasteiger partial charge >= 0.3 is 5.97 Å². The topological polar surface area (TPSA) is 59.2 Å². The average Bonchev–Trinajstić information content (AvgIpc) is 2.42. The number of aromatic nitrogens is 1. The number of benzene rings is 1. The van der Waals surface area contributed by atoms with Crippen molar-refractivity contribution in [3.63, 3.8) is 0 Å². The molecular formula is C14H17NO3. The minimum Gasteiger partial charge on any atom is -0.462 e. The Kier molecular flexibility index (Phi) is 5.11. The number of ether oxygens (including phenoxy) is 1. The van der Waals surface area contributed by atoms with Gasteiger partial charge in [-0.1, -0.05) is 26.0 Å². The first-order valence-electron chi connectivity index (χ1n) is 6.01. The molecule has 0 amide bonds. The van der Waals surface area contributed by atoms with E-state index in [0.29, 0.717) is 10.9 Å². The van der Waals surface area contributed by atoms with Gasteiger partial charge in [-0.25, -0.2) is 4.79 Å². The van der Waals surface area contributed by atoms with Crippen molar-refractivity contribution in [1.82, 2.24) is 4.98 Å². The molecule has 1 N–H and O–H groups in total. The summed E-state index contributed by atoms with van der Waals surface area (Å²) in [5.41, 5.74) is 0.453. The molecule has 0 spiro atoms. The molecule has 1 aromatic carbocycles. The van der Waals surface area contributed by atoms with E-state index < -0.39 is 5.97 Å². The zero-order valence-electron chi connectivity index (χ0n) is 10.8. The lowest BCUT2D eigenvalue weighted by molar-refractivity contribution is 0.0524. The predicted molar refractivity (Wildman–Crippen MR) is 71.9 cm³/mol. The van der Waals surface area contributed by atoms with Crippen molar-refractivity contribution in [2.24, 2.45) is 0 Å². The predicted octanol–water partition coefficient (Wildman–Crippen LogP) is 2.73. The molecule has 18 heavy (non-hydrogen) atoms. The minimum absolute atomic E-state index is 0.0422. The number of fused-ring (bicyclic) bond motifs is 1. The van der Waals surface area contributed by atoms with Crippen LogP contribution in [0.25, 0.3) is 10.9 Å². The van der Waals surface area contributed by atoms with Gasteiger partial charge in [-0.2, -0.15) is 0 Å². The molecule has 0 saturated heterocycles. The quantitative estimate of drug-likeness (QED) is 0.830. The molecule has 0 aliphatic carbocycles. The van der Waals surface area contributed by atoms with Crippen molar-refractivity contribution in [2.75, 3.05) is 6.61 Å². The third kappa shape index (κ3) is 2.77. The molecule has 4 heteroatoms. The second-order valence-corrected chi connectivity index (χ2v) is 3.30. The monoisotopic (exact) mass is 247 g/mol. The number of esters is 1. The zero-order chi connectivity index (χ0) is 13.5. The number of para-hydroxylation sites is 1. The number of aromatic amines is 1. The summed E-state index contributed by atoms with van der Waals surface area (Å²) < 4.78 is 4.80. The van der Waals surface area contributed by atoms with E-state index in [9.17, 15) is 9.59 Å². The van der Waals surface area contributed by atoms with E-state index in [2.05, 4.69) is 4.98 Å². The van der Waals surface area contributed by atoms with Crippen LogP contribution in [0.4, 0.5) is 0 Å². The Morgan fingerprint density at radius 3 is 2.61 bits per heavy atom. The number of rotatable bonds is 2. The van der Waals surface area contributed by atoms with Crippen molar-refractivity contribution >= 4 is 16.9 Å². The maximum absolute atomic E-state index is 11.9. The third-order valence-electron chi connectivity index (χ3n) is 2.28. The summed E-state index contributed by atoms with van der Waals surface area (Å²) in [7, 11) is 0. The van der Waals surface area contributed by atoms with Gasteiger partial charge in [-0.15, -0.1) is 0 Å². The van der Waals surface area contributed by atoms with Crippen LogP contribution < -0.4 is 5.43 Å². The number of hydrogen-bond donors (Lipinski definition) is 1. The van der Waals surface area contributed by atoms with Crippen LogP contribution in [-0.2, 0) is 4.74 Å². The van der Waals surface area contributed by atoms with Gasteiger partial charge < -0.3 is 9.72 Å². The number of nitrogens with one attached hydrogen (secondary N) is 1. The fraction of sp³-hybridized carbons (Fsp3) is 0.286. The fourth-order valence-electron chi connectivity index (χ4n) is 1.53. The maximum Gasteiger partial charge on any atom is 0.343 e. The second kappa shape index (κ2) is 6.59. The van der Waals surface area contributed by atoms with Crippen molar-refractivity contribution in [3.8, 4) is 0 Å². The highest BCUT2D eigenvalue weighted by atomic mass is 16.5. The molecule has 0 saturated carbocycles. The summed E-state index contributed by atoms with van der Waals surface area (Å²) >= 11 is 0. The van der Waals surface area contributed by atoms with Crippen molar-refractivity contribution in [2.45, 2.75) is 20.8 Å². The first-order chi connectivity index (χ1) is 8.74. The lowest BCUT2D eigenvalue weighted by atomic mass is 10.1. The van der Waals surface area contributed by atoms with Crippen LogP contribution in [0.3, 0.4) is 0 Å². The summed E-state index contributed by atoms with van der Waals surface area (Å²) in [5.74, 6) is -0.588. The summed E-state index contributed by atoms with van der Waals surface area (Å²) in [5, 5.41) is 0.494. The molecule has 0 fully saturated rings. The van der Waals surface area contributed by atoms with Crippen LogP contribution in [-0.4, -0.2) is 17.6 Å². The number of H-pyrrole nitrogens is 1. The average molecular weight is 247 g/mol. The van der Waals surface area contributed by atoms with Gasteiger partial charge in [0, 0.05) is 17.1 Å².